The van der Waals surface area contributed by atoms with Crippen molar-refractivity contribution in [1.29, 1.82) is 0 Å². The Morgan fingerprint density at radius 1 is 1.23 bits per heavy atom. The number of likely N-dealkylation sites (N-methyl/N-ethyl adjacent to an activating group) is 1. The molecule has 3 N–H and O–H groups in total. The van der Waals surface area contributed by atoms with Gasteiger partial charge in [-0.15, -0.1) is 12.4 Å². The molecule has 122 valence electrons. The van der Waals surface area contributed by atoms with Crippen LogP contribution in [-0.2, 0) is 16.0 Å². The van der Waals surface area contributed by atoms with Crippen molar-refractivity contribution in [2.24, 2.45) is 11.7 Å². The van der Waals surface area contributed by atoms with E-state index in [2.05, 4.69) is 5.32 Å². The minimum atomic E-state index is -0.0833. The standard InChI is InChI=1S/C16H23N3O2.ClH/c1-19(2)15(20)10-11-6-8-12(9-7-11)18-16(21)13-4-3-5-14(13)17;/h6-9,13-14H,3-5,10,17H2,1-2H3,(H,18,21);1H. The summed E-state index contributed by atoms with van der Waals surface area (Å²) in [7, 11) is 3.48. The third-order valence-electron chi connectivity index (χ3n) is 3.98. The Balaban J connectivity index is 0.00000242. The molecule has 1 aromatic rings. The summed E-state index contributed by atoms with van der Waals surface area (Å²) in [5.41, 5.74) is 7.62. The molecule has 2 atom stereocenters. The number of benzene rings is 1. The monoisotopic (exact) mass is 325 g/mol. The molecule has 1 saturated carbocycles. The van der Waals surface area contributed by atoms with Gasteiger partial charge in [0.15, 0.2) is 0 Å². The van der Waals surface area contributed by atoms with Crippen LogP contribution in [0.2, 0.25) is 0 Å². The average molecular weight is 326 g/mol. The van der Waals surface area contributed by atoms with E-state index >= 15 is 0 Å². The van der Waals surface area contributed by atoms with E-state index < -0.39 is 0 Å². The zero-order valence-electron chi connectivity index (χ0n) is 13.0. The van der Waals surface area contributed by atoms with Crippen LogP contribution in [0.3, 0.4) is 0 Å². The lowest BCUT2D eigenvalue weighted by Gasteiger charge is -2.15. The van der Waals surface area contributed by atoms with Gasteiger partial charge in [0.25, 0.3) is 0 Å². The molecular weight excluding hydrogens is 302 g/mol. The molecule has 0 heterocycles. The maximum Gasteiger partial charge on any atom is 0.229 e. The highest BCUT2D eigenvalue weighted by atomic mass is 35.5. The van der Waals surface area contributed by atoms with E-state index in [-0.39, 0.29) is 36.2 Å². The Kier molecular flexibility index (Phi) is 6.84. The average Bonchev–Trinajstić information content (AvgIpc) is 2.87. The molecule has 0 saturated heterocycles. The minimum Gasteiger partial charge on any atom is -0.349 e. The second kappa shape index (κ2) is 8.15. The van der Waals surface area contributed by atoms with Gasteiger partial charge in [0, 0.05) is 25.8 Å². The summed E-state index contributed by atoms with van der Waals surface area (Å²) in [6.07, 6.45) is 3.17. The quantitative estimate of drug-likeness (QED) is 0.886. The highest BCUT2D eigenvalue weighted by Crippen LogP contribution is 2.25. The number of carbonyl (C=O) groups is 2. The highest BCUT2D eigenvalue weighted by Gasteiger charge is 2.30. The van der Waals surface area contributed by atoms with Gasteiger partial charge >= 0.3 is 0 Å². The van der Waals surface area contributed by atoms with Gasteiger partial charge < -0.3 is 16.0 Å². The largest absolute Gasteiger partial charge is 0.349 e. The molecule has 1 aliphatic rings. The molecule has 0 aliphatic heterocycles. The normalized spacial score (nSPS) is 20.1. The fourth-order valence-electron chi connectivity index (χ4n) is 2.59. The number of carbonyl (C=O) groups excluding carboxylic acids is 2. The van der Waals surface area contributed by atoms with Crippen LogP contribution in [0, 0.1) is 5.92 Å². The molecule has 1 fully saturated rings. The molecule has 0 spiro atoms. The molecule has 22 heavy (non-hydrogen) atoms. The summed E-state index contributed by atoms with van der Waals surface area (Å²) in [4.78, 5) is 25.3. The van der Waals surface area contributed by atoms with Gasteiger partial charge in [-0.2, -0.15) is 0 Å². The first-order valence-corrected chi connectivity index (χ1v) is 7.33. The van der Waals surface area contributed by atoms with Gasteiger partial charge in [-0.25, -0.2) is 0 Å². The lowest BCUT2D eigenvalue weighted by Crippen LogP contribution is -2.34. The Hall–Kier alpha value is -1.59. The second-order valence-electron chi connectivity index (χ2n) is 5.85. The van der Waals surface area contributed by atoms with Crippen LogP contribution in [-0.4, -0.2) is 36.9 Å². The first-order valence-electron chi connectivity index (χ1n) is 7.33. The SMILES string of the molecule is CN(C)C(=O)Cc1ccc(NC(=O)C2CCCC2N)cc1.Cl. The lowest BCUT2D eigenvalue weighted by molar-refractivity contribution is -0.128. The van der Waals surface area contributed by atoms with Crippen molar-refractivity contribution in [2.75, 3.05) is 19.4 Å². The number of nitrogens with zero attached hydrogens (tertiary/aromatic N) is 1. The zero-order valence-corrected chi connectivity index (χ0v) is 13.9. The minimum absolute atomic E-state index is 0. The van der Waals surface area contributed by atoms with E-state index in [0.717, 1.165) is 30.5 Å². The van der Waals surface area contributed by atoms with E-state index in [9.17, 15) is 9.59 Å². The predicted molar refractivity (Wildman–Crippen MR) is 90.0 cm³/mol. The smallest absolute Gasteiger partial charge is 0.229 e. The summed E-state index contributed by atoms with van der Waals surface area (Å²) in [5.74, 6) is -0.0270. The molecule has 0 radical (unpaired) electrons. The molecule has 1 aliphatic carbocycles. The van der Waals surface area contributed by atoms with E-state index in [1.54, 1.807) is 19.0 Å². The summed E-state index contributed by atoms with van der Waals surface area (Å²) < 4.78 is 0. The number of nitrogens with two attached hydrogens (primary N) is 1. The number of nitrogens with one attached hydrogen (secondary N) is 1. The van der Waals surface area contributed by atoms with Crippen molar-refractivity contribution >= 4 is 29.9 Å². The molecule has 2 rings (SSSR count). The van der Waals surface area contributed by atoms with Crippen molar-refractivity contribution < 1.29 is 9.59 Å². The first kappa shape index (κ1) is 18.5. The van der Waals surface area contributed by atoms with Gasteiger partial charge in [-0.1, -0.05) is 18.6 Å². The highest BCUT2D eigenvalue weighted by molar-refractivity contribution is 5.93. The van der Waals surface area contributed by atoms with E-state index in [4.69, 9.17) is 5.73 Å². The Morgan fingerprint density at radius 2 is 1.86 bits per heavy atom. The summed E-state index contributed by atoms with van der Waals surface area (Å²) in [5, 5.41) is 2.90. The van der Waals surface area contributed by atoms with E-state index in [0.29, 0.717) is 6.42 Å². The molecular formula is C16H24ClN3O2. The number of amides is 2. The van der Waals surface area contributed by atoms with Crippen LogP contribution < -0.4 is 11.1 Å². The molecule has 2 unspecified atom stereocenters. The molecule has 1 aromatic carbocycles. The zero-order chi connectivity index (χ0) is 15.4. The van der Waals surface area contributed by atoms with Crippen LogP contribution in [0.1, 0.15) is 24.8 Å². The maximum atomic E-state index is 12.1. The van der Waals surface area contributed by atoms with Gasteiger partial charge in [0.1, 0.15) is 0 Å². The first-order chi connectivity index (χ1) is 9.97. The van der Waals surface area contributed by atoms with E-state index in [1.807, 2.05) is 24.3 Å². The van der Waals surface area contributed by atoms with Crippen molar-refractivity contribution in [3.8, 4) is 0 Å². The number of halogens is 1. The molecule has 2 amide bonds. The van der Waals surface area contributed by atoms with Gasteiger partial charge in [-0.3, -0.25) is 9.59 Å². The third kappa shape index (κ3) is 4.71. The van der Waals surface area contributed by atoms with Crippen LogP contribution in [0.4, 0.5) is 5.69 Å². The lowest BCUT2D eigenvalue weighted by atomic mass is 10.0. The van der Waals surface area contributed by atoms with Crippen molar-refractivity contribution in [1.82, 2.24) is 4.90 Å². The van der Waals surface area contributed by atoms with E-state index in [1.165, 1.54) is 0 Å². The fourth-order valence-corrected chi connectivity index (χ4v) is 2.59. The summed E-state index contributed by atoms with van der Waals surface area (Å²) in [6, 6.07) is 7.37. The van der Waals surface area contributed by atoms with Crippen molar-refractivity contribution in [3.05, 3.63) is 29.8 Å². The summed E-state index contributed by atoms with van der Waals surface area (Å²) in [6.45, 7) is 0. The van der Waals surface area contributed by atoms with Crippen molar-refractivity contribution in [2.45, 2.75) is 31.7 Å². The summed E-state index contributed by atoms with van der Waals surface area (Å²) >= 11 is 0. The van der Waals surface area contributed by atoms with Gasteiger partial charge in [0.05, 0.1) is 12.3 Å². The van der Waals surface area contributed by atoms with Crippen LogP contribution in [0.25, 0.3) is 0 Å². The van der Waals surface area contributed by atoms with Gasteiger partial charge in [-0.05, 0) is 30.5 Å². The van der Waals surface area contributed by atoms with Crippen LogP contribution in [0.5, 0.6) is 0 Å². The number of anilines is 1. The number of rotatable bonds is 4. The fraction of sp³-hybridized carbons (Fsp3) is 0.500. The molecule has 6 heteroatoms. The predicted octanol–water partition coefficient (Wildman–Crippen LogP) is 1.80. The molecule has 5 nitrogen and oxygen atoms in total. The maximum absolute atomic E-state index is 12.1. The molecule has 0 aromatic heterocycles. The Bertz CT molecular complexity index is 517. The third-order valence-corrected chi connectivity index (χ3v) is 3.98. The second-order valence-corrected chi connectivity index (χ2v) is 5.85. The topological polar surface area (TPSA) is 75.4 Å². The molecule has 0 bridgehead atoms. The number of hydrogen-bond donors (Lipinski definition) is 2. The van der Waals surface area contributed by atoms with Gasteiger partial charge in [0.2, 0.25) is 11.8 Å². The number of hydrogen-bond acceptors (Lipinski definition) is 3. The Labute approximate surface area is 137 Å². The Morgan fingerprint density at radius 3 is 2.36 bits per heavy atom. The van der Waals surface area contributed by atoms with Crippen LogP contribution >= 0.6 is 12.4 Å². The van der Waals surface area contributed by atoms with Crippen LogP contribution in [0.15, 0.2) is 24.3 Å². The van der Waals surface area contributed by atoms with Crippen molar-refractivity contribution in [3.63, 3.8) is 0 Å².